The monoisotopic (exact) mass is 310 g/mol. The highest BCUT2D eigenvalue weighted by molar-refractivity contribution is 6.30. The fourth-order valence-corrected chi connectivity index (χ4v) is 3.58. The van der Waals surface area contributed by atoms with Crippen molar-refractivity contribution >= 4 is 11.6 Å². The van der Waals surface area contributed by atoms with E-state index in [1.807, 2.05) is 6.07 Å². The lowest BCUT2D eigenvalue weighted by Gasteiger charge is -2.33. The van der Waals surface area contributed by atoms with Crippen LogP contribution >= 0.6 is 11.6 Å². The van der Waals surface area contributed by atoms with Crippen molar-refractivity contribution in [2.24, 2.45) is 5.92 Å². The molecule has 2 unspecified atom stereocenters. The van der Waals surface area contributed by atoms with Gasteiger partial charge in [0.05, 0.1) is 5.02 Å². The van der Waals surface area contributed by atoms with Crippen LogP contribution in [0.2, 0.25) is 5.02 Å². The van der Waals surface area contributed by atoms with Crippen LogP contribution < -0.4 is 5.32 Å². The van der Waals surface area contributed by atoms with Crippen molar-refractivity contribution in [3.63, 3.8) is 0 Å². The van der Waals surface area contributed by atoms with Gasteiger partial charge in [-0.15, -0.1) is 0 Å². The summed E-state index contributed by atoms with van der Waals surface area (Å²) in [7, 11) is 2.16. The topological polar surface area (TPSA) is 15.3 Å². The van der Waals surface area contributed by atoms with Gasteiger partial charge in [-0.1, -0.05) is 24.1 Å². The van der Waals surface area contributed by atoms with Crippen molar-refractivity contribution in [1.29, 1.82) is 0 Å². The Morgan fingerprint density at radius 3 is 2.81 bits per heavy atom. The number of halogens is 2. The molecule has 0 radical (unpaired) electrons. The van der Waals surface area contributed by atoms with Crippen LogP contribution in [0.1, 0.15) is 43.7 Å². The number of hydrogen-bond donors (Lipinski definition) is 1. The van der Waals surface area contributed by atoms with Crippen LogP contribution in [0.4, 0.5) is 4.39 Å². The fourth-order valence-electron chi connectivity index (χ4n) is 3.47. The lowest BCUT2D eigenvalue weighted by molar-refractivity contribution is 0.188. The van der Waals surface area contributed by atoms with E-state index in [0.29, 0.717) is 5.92 Å². The maximum absolute atomic E-state index is 13.8. The third-order valence-corrected chi connectivity index (χ3v) is 5.09. The average Bonchev–Trinajstić information content (AvgIpc) is 3.28. The van der Waals surface area contributed by atoms with E-state index in [1.165, 1.54) is 32.1 Å². The molecule has 1 aliphatic heterocycles. The number of likely N-dealkylation sites (tertiary alicyclic amines) is 1. The van der Waals surface area contributed by atoms with E-state index < -0.39 is 0 Å². The third kappa shape index (κ3) is 3.77. The first-order valence-electron chi connectivity index (χ1n) is 8.03. The Balaban J connectivity index is 1.81. The van der Waals surface area contributed by atoms with E-state index in [-0.39, 0.29) is 16.9 Å². The van der Waals surface area contributed by atoms with Gasteiger partial charge in [0.1, 0.15) is 5.82 Å². The molecule has 1 saturated heterocycles. The van der Waals surface area contributed by atoms with Crippen LogP contribution in [-0.2, 0) is 0 Å². The summed E-state index contributed by atoms with van der Waals surface area (Å²) in [5.41, 5.74) is 1.06. The molecular formula is C17H24ClFN2. The number of nitrogens with one attached hydrogen (secondary N) is 1. The second kappa shape index (κ2) is 6.64. The quantitative estimate of drug-likeness (QED) is 0.904. The Kier molecular flexibility index (Phi) is 4.82. The minimum Gasteiger partial charge on any atom is -0.314 e. The molecule has 1 heterocycles. The van der Waals surface area contributed by atoms with Crippen molar-refractivity contribution in [2.75, 3.05) is 20.1 Å². The molecule has 2 nitrogen and oxygen atoms in total. The average molecular weight is 311 g/mol. The van der Waals surface area contributed by atoms with Gasteiger partial charge >= 0.3 is 0 Å². The largest absolute Gasteiger partial charge is 0.314 e. The SMILES string of the molecule is CN1CCCCC(CNC2CC2)C1c1ccc(Cl)c(F)c1. The van der Waals surface area contributed by atoms with Gasteiger partial charge in [-0.05, 0) is 62.9 Å². The summed E-state index contributed by atoms with van der Waals surface area (Å²) in [5, 5.41) is 3.86. The van der Waals surface area contributed by atoms with Crippen LogP contribution in [0.3, 0.4) is 0 Å². The minimum atomic E-state index is -0.305. The van der Waals surface area contributed by atoms with Gasteiger partial charge in [-0.3, -0.25) is 4.90 Å². The van der Waals surface area contributed by atoms with E-state index in [4.69, 9.17) is 11.6 Å². The van der Waals surface area contributed by atoms with Crippen LogP contribution in [0, 0.1) is 11.7 Å². The summed E-state index contributed by atoms with van der Waals surface area (Å²) in [4.78, 5) is 2.38. The van der Waals surface area contributed by atoms with Gasteiger partial charge in [0, 0.05) is 18.6 Å². The normalized spacial score (nSPS) is 27.6. The zero-order valence-electron chi connectivity index (χ0n) is 12.6. The number of benzene rings is 1. The van der Waals surface area contributed by atoms with Crippen LogP contribution in [0.5, 0.6) is 0 Å². The van der Waals surface area contributed by atoms with E-state index in [0.717, 1.165) is 24.7 Å². The predicted octanol–water partition coefficient (Wildman–Crippen LogP) is 4.00. The molecule has 0 aromatic heterocycles. The Hall–Kier alpha value is -0.640. The standard InChI is InChI=1S/C17H24ClFN2/c1-21-9-3-2-4-13(11-20-14-6-7-14)17(21)12-5-8-15(18)16(19)10-12/h5,8,10,13-14,17,20H,2-4,6-7,9,11H2,1H3. The van der Waals surface area contributed by atoms with Crippen LogP contribution in [0.15, 0.2) is 18.2 Å². The molecule has 1 saturated carbocycles. The molecule has 0 bridgehead atoms. The summed E-state index contributed by atoms with van der Waals surface area (Å²) >= 11 is 5.83. The van der Waals surface area contributed by atoms with Gasteiger partial charge in [-0.25, -0.2) is 4.39 Å². The second-order valence-electron chi connectivity index (χ2n) is 6.54. The van der Waals surface area contributed by atoms with E-state index in [9.17, 15) is 4.39 Å². The van der Waals surface area contributed by atoms with Crippen molar-refractivity contribution in [3.05, 3.63) is 34.6 Å². The van der Waals surface area contributed by atoms with Gasteiger partial charge in [0.15, 0.2) is 0 Å². The summed E-state index contributed by atoms with van der Waals surface area (Å²) in [6.45, 7) is 2.11. The maximum Gasteiger partial charge on any atom is 0.142 e. The first-order chi connectivity index (χ1) is 10.1. The molecule has 2 fully saturated rings. The Morgan fingerprint density at radius 1 is 1.29 bits per heavy atom. The van der Waals surface area contributed by atoms with E-state index in [2.05, 4.69) is 17.3 Å². The molecule has 4 heteroatoms. The summed E-state index contributed by atoms with van der Waals surface area (Å²) in [6, 6.07) is 6.31. The summed E-state index contributed by atoms with van der Waals surface area (Å²) < 4.78 is 13.8. The number of nitrogens with zero attached hydrogens (tertiary/aromatic N) is 1. The maximum atomic E-state index is 13.8. The molecule has 116 valence electrons. The second-order valence-corrected chi connectivity index (χ2v) is 6.94. The van der Waals surface area contributed by atoms with Crippen molar-refractivity contribution in [3.8, 4) is 0 Å². The molecular weight excluding hydrogens is 287 g/mol. The molecule has 21 heavy (non-hydrogen) atoms. The molecule has 0 amide bonds. The zero-order valence-corrected chi connectivity index (χ0v) is 13.4. The third-order valence-electron chi connectivity index (χ3n) is 4.79. The van der Waals surface area contributed by atoms with Gasteiger partial charge in [0.25, 0.3) is 0 Å². The van der Waals surface area contributed by atoms with Crippen molar-refractivity contribution in [2.45, 2.75) is 44.2 Å². The fraction of sp³-hybridized carbons (Fsp3) is 0.647. The van der Waals surface area contributed by atoms with Gasteiger partial charge in [-0.2, -0.15) is 0 Å². The Labute approximate surface area is 131 Å². The molecule has 3 rings (SSSR count). The molecule has 0 spiro atoms. The predicted molar refractivity (Wildman–Crippen MR) is 85.1 cm³/mol. The van der Waals surface area contributed by atoms with Gasteiger partial charge < -0.3 is 5.32 Å². The highest BCUT2D eigenvalue weighted by Crippen LogP contribution is 2.35. The molecule has 2 aliphatic rings. The number of rotatable bonds is 4. The highest BCUT2D eigenvalue weighted by atomic mass is 35.5. The lowest BCUT2D eigenvalue weighted by Crippen LogP contribution is -2.35. The van der Waals surface area contributed by atoms with Crippen molar-refractivity contribution < 1.29 is 4.39 Å². The van der Waals surface area contributed by atoms with Crippen LogP contribution in [-0.4, -0.2) is 31.1 Å². The van der Waals surface area contributed by atoms with Crippen LogP contribution in [0.25, 0.3) is 0 Å². The smallest absolute Gasteiger partial charge is 0.142 e. The Bertz CT molecular complexity index is 490. The zero-order chi connectivity index (χ0) is 14.8. The van der Waals surface area contributed by atoms with E-state index in [1.54, 1.807) is 12.1 Å². The molecule has 1 N–H and O–H groups in total. The Morgan fingerprint density at radius 2 is 2.10 bits per heavy atom. The first kappa shape index (κ1) is 15.3. The van der Waals surface area contributed by atoms with Crippen molar-refractivity contribution in [1.82, 2.24) is 10.2 Å². The van der Waals surface area contributed by atoms with Gasteiger partial charge in [0.2, 0.25) is 0 Å². The first-order valence-corrected chi connectivity index (χ1v) is 8.41. The molecule has 1 aromatic rings. The molecule has 1 aliphatic carbocycles. The molecule has 2 atom stereocenters. The van der Waals surface area contributed by atoms with E-state index >= 15 is 0 Å². The lowest BCUT2D eigenvalue weighted by atomic mass is 9.89. The number of hydrogen-bond acceptors (Lipinski definition) is 2. The summed E-state index contributed by atoms with van der Waals surface area (Å²) in [6.07, 6.45) is 6.31. The molecule has 1 aromatic carbocycles. The summed E-state index contributed by atoms with van der Waals surface area (Å²) in [5.74, 6) is 0.236. The minimum absolute atomic E-state index is 0.211. The highest BCUT2D eigenvalue weighted by Gasteiger charge is 2.31.